The Balaban J connectivity index is 1.99. The second-order valence-corrected chi connectivity index (χ2v) is 5.64. The van der Waals surface area contributed by atoms with Gasteiger partial charge < -0.3 is 10.4 Å². The maximum atomic E-state index is 10.6. The molecule has 0 bridgehead atoms. The molecule has 4 heteroatoms. The van der Waals surface area contributed by atoms with Crippen molar-refractivity contribution in [2.45, 2.75) is 64.4 Å². The van der Waals surface area contributed by atoms with Crippen molar-refractivity contribution < 1.29 is 5.11 Å². The summed E-state index contributed by atoms with van der Waals surface area (Å²) in [7, 11) is 0. The standard InChI is InChI=1S/C15H25N3O/c1-3-13-10-14(18-12(2)17-13)16-11-15(19)8-6-4-5-7-9-15/h10,19H,3-9,11H2,1-2H3,(H,16,17,18). The van der Waals surface area contributed by atoms with Crippen LogP contribution in [0.2, 0.25) is 0 Å². The molecule has 2 N–H and O–H groups in total. The molecule has 1 aromatic rings. The molecule has 1 aliphatic rings. The highest BCUT2D eigenvalue weighted by molar-refractivity contribution is 5.36. The van der Waals surface area contributed by atoms with E-state index in [0.29, 0.717) is 6.54 Å². The minimum Gasteiger partial charge on any atom is -0.388 e. The van der Waals surface area contributed by atoms with Gasteiger partial charge >= 0.3 is 0 Å². The first kappa shape index (κ1) is 14.3. The summed E-state index contributed by atoms with van der Waals surface area (Å²) in [4.78, 5) is 8.75. The van der Waals surface area contributed by atoms with E-state index in [1.54, 1.807) is 0 Å². The van der Waals surface area contributed by atoms with E-state index in [-0.39, 0.29) is 0 Å². The number of hydrogen-bond acceptors (Lipinski definition) is 4. The minimum absolute atomic E-state index is 0.568. The molecule has 0 radical (unpaired) electrons. The van der Waals surface area contributed by atoms with E-state index in [9.17, 15) is 5.11 Å². The normalized spacial score (nSPS) is 18.9. The first-order valence-corrected chi connectivity index (χ1v) is 7.42. The van der Waals surface area contributed by atoms with Crippen molar-refractivity contribution in [3.63, 3.8) is 0 Å². The molecular weight excluding hydrogens is 238 g/mol. The topological polar surface area (TPSA) is 58.0 Å². The number of aromatic nitrogens is 2. The van der Waals surface area contributed by atoms with Gasteiger partial charge in [-0.05, 0) is 26.2 Å². The molecule has 1 heterocycles. The lowest BCUT2D eigenvalue weighted by atomic mass is 9.94. The molecule has 0 amide bonds. The van der Waals surface area contributed by atoms with E-state index in [1.807, 2.05) is 13.0 Å². The van der Waals surface area contributed by atoms with Crippen LogP contribution in [-0.4, -0.2) is 27.2 Å². The maximum Gasteiger partial charge on any atom is 0.130 e. The van der Waals surface area contributed by atoms with Gasteiger partial charge in [0, 0.05) is 18.3 Å². The Labute approximate surface area is 115 Å². The van der Waals surface area contributed by atoms with E-state index in [1.165, 1.54) is 12.8 Å². The summed E-state index contributed by atoms with van der Waals surface area (Å²) in [6, 6.07) is 1.98. The molecule has 1 aliphatic carbocycles. The summed E-state index contributed by atoms with van der Waals surface area (Å²) in [5, 5.41) is 13.9. The molecule has 4 nitrogen and oxygen atoms in total. The van der Waals surface area contributed by atoms with Gasteiger partial charge in [-0.3, -0.25) is 0 Å². The SMILES string of the molecule is CCc1cc(NCC2(O)CCCCCC2)nc(C)n1. The van der Waals surface area contributed by atoms with Gasteiger partial charge in [0.1, 0.15) is 11.6 Å². The van der Waals surface area contributed by atoms with Gasteiger partial charge in [-0.25, -0.2) is 9.97 Å². The lowest BCUT2D eigenvalue weighted by molar-refractivity contribution is 0.0380. The van der Waals surface area contributed by atoms with E-state index in [4.69, 9.17) is 0 Å². The van der Waals surface area contributed by atoms with Gasteiger partial charge in [0.15, 0.2) is 0 Å². The molecule has 19 heavy (non-hydrogen) atoms. The van der Waals surface area contributed by atoms with Crippen LogP contribution in [0.25, 0.3) is 0 Å². The van der Waals surface area contributed by atoms with E-state index in [2.05, 4.69) is 22.2 Å². The largest absolute Gasteiger partial charge is 0.388 e. The zero-order chi connectivity index (χ0) is 13.7. The number of aliphatic hydroxyl groups is 1. The van der Waals surface area contributed by atoms with Crippen molar-refractivity contribution >= 4 is 5.82 Å². The quantitative estimate of drug-likeness (QED) is 0.820. The number of nitrogens with zero attached hydrogens (tertiary/aromatic N) is 2. The van der Waals surface area contributed by atoms with E-state index >= 15 is 0 Å². The summed E-state index contributed by atoms with van der Waals surface area (Å²) in [6.07, 6.45) is 7.43. The third kappa shape index (κ3) is 4.16. The molecule has 0 unspecified atom stereocenters. The Morgan fingerprint density at radius 1 is 1.21 bits per heavy atom. The van der Waals surface area contributed by atoms with Crippen molar-refractivity contribution in [3.05, 3.63) is 17.6 Å². The number of aryl methyl sites for hydroxylation is 2. The summed E-state index contributed by atoms with van der Waals surface area (Å²) in [5.41, 5.74) is 0.477. The monoisotopic (exact) mass is 263 g/mol. The number of hydrogen-bond donors (Lipinski definition) is 2. The number of nitrogens with one attached hydrogen (secondary N) is 1. The predicted octanol–water partition coefficient (Wildman–Crippen LogP) is 2.84. The first-order chi connectivity index (χ1) is 9.11. The first-order valence-electron chi connectivity index (χ1n) is 7.42. The van der Waals surface area contributed by atoms with Gasteiger partial charge in [-0.1, -0.05) is 32.6 Å². The zero-order valence-corrected chi connectivity index (χ0v) is 12.1. The van der Waals surface area contributed by atoms with Crippen LogP contribution < -0.4 is 5.32 Å². The van der Waals surface area contributed by atoms with Crippen LogP contribution >= 0.6 is 0 Å². The Kier molecular flexibility index (Phi) is 4.75. The van der Waals surface area contributed by atoms with E-state index in [0.717, 1.165) is 49.4 Å². The van der Waals surface area contributed by atoms with Gasteiger partial charge in [0.05, 0.1) is 5.60 Å². The fourth-order valence-corrected chi connectivity index (χ4v) is 2.72. The fraction of sp³-hybridized carbons (Fsp3) is 0.733. The van der Waals surface area contributed by atoms with Crippen LogP contribution in [0.3, 0.4) is 0 Å². The molecule has 0 aromatic carbocycles. The molecule has 0 spiro atoms. The van der Waals surface area contributed by atoms with Crippen molar-refractivity contribution in [1.82, 2.24) is 9.97 Å². The smallest absolute Gasteiger partial charge is 0.130 e. The van der Waals surface area contributed by atoms with Crippen LogP contribution in [0.1, 0.15) is 57.0 Å². The Bertz CT molecular complexity index is 412. The van der Waals surface area contributed by atoms with Gasteiger partial charge in [-0.2, -0.15) is 0 Å². The van der Waals surface area contributed by atoms with Crippen LogP contribution in [0.4, 0.5) is 5.82 Å². The summed E-state index contributed by atoms with van der Waals surface area (Å²) < 4.78 is 0. The molecule has 1 aromatic heterocycles. The third-order valence-corrected chi connectivity index (χ3v) is 3.89. The number of anilines is 1. The number of rotatable bonds is 4. The second-order valence-electron chi connectivity index (χ2n) is 5.64. The molecule has 0 atom stereocenters. The molecule has 1 fully saturated rings. The lowest BCUT2D eigenvalue weighted by Gasteiger charge is -2.27. The van der Waals surface area contributed by atoms with Gasteiger partial charge in [0.25, 0.3) is 0 Å². The molecule has 106 valence electrons. The molecule has 1 saturated carbocycles. The van der Waals surface area contributed by atoms with Crippen LogP contribution in [0, 0.1) is 6.92 Å². The van der Waals surface area contributed by atoms with Gasteiger partial charge in [-0.15, -0.1) is 0 Å². The average molecular weight is 263 g/mol. The van der Waals surface area contributed by atoms with Crippen LogP contribution in [0.5, 0.6) is 0 Å². The highest BCUT2D eigenvalue weighted by Gasteiger charge is 2.27. The summed E-state index contributed by atoms with van der Waals surface area (Å²) in [6.45, 7) is 4.59. The zero-order valence-electron chi connectivity index (χ0n) is 12.1. The Hall–Kier alpha value is -1.16. The predicted molar refractivity (Wildman–Crippen MR) is 77.3 cm³/mol. The van der Waals surface area contributed by atoms with Crippen molar-refractivity contribution in [3.8, 4) is 0 Å². The fourth-order valence-electron chi connectivity index (χ4n) is 2.72. The van der Waals surface area contributed by atoms with Crippen LogP contribution in [0.15, 0.2) is 6.07 Å². The average Bonchev–Trinajstić information content (AvgIpc) is 2.61. The lowest BCUT2D eigenvalue weighted by Crippen LogP contribution is -2.36. The third-order valence-electron chi connectivity index (χ3n) is 3.89. The molecule has 2 rings (SSSR count). The highest BCUT2D eigenvalue weighted by atomic mass is 16.3. The van der Waals surface area contributed by atoms with E-state index < -0.39 is 5.60 Å². The maximum absolute atomic E-state index is 10.6. The Morgan fingerprint density at radius 2 is 1.89 bits per heavy atom. The summed E-state index contributed by atoms with van der Waals surface area (Å²) >= 11 is 0. The Morgan fingerprint density at radius 3 is 2.53 bits per heavy atom. The molecule has 0 aliphatic heterocycles. The second kappa shape index (κ2) is 6.33. The molecule has 0 saturated heterocycles. The van der Waals surface area contributed by atoms with Crippen LogP contribution in [-0.2, 0) is 6.42 Å². The van der Waals surface area contributed by atoms with Crippen molar-refractivity contribution in [2.24, 2.45) is 0 Å². The summed E-state index contributed by atoms with van der Waals surface area (Å²) in [5.74, 6) is 1.62. The van der Waals surface area contributed by atoms with Gasteiger partial charge in [0.2, 0.25) is 0 Å². The van der Waals surface area contributed by atoms with Crippen molar-refractivity contribution in [1.29, 1.82) is 0 Å². The molecular formula is C15H25N3O. The van der Waals surface area contributed by atoms with Crippen molar-refractivity contribution in [2.75, 3.05) is 11.9 Å². The highest BCUT2D eigenvalue weighted by Crippen LogP contribution is 2.27. The minimum atomic E-state index is -0.568.